The highest BCUT2D eigenvalue weighted by Gasteiger charge is 2.41. The minimum Gasteiger partial charge on any atom is -0.447 e. The number of carbonyl (C=O) groups is 2. The highest BCUT2D eigenvalue weighted by Crippen LogP contribution is 2.22. The number of alkyl halides is 3. The summed E-state index contributed by atoms with van der Waals surface area (Å²) in [5.74, 6) is -3.68. The Morgan fingerprint density at radius 2 is 1.86 bits per heavy atom. The predicted molar refractivity (Wildman–Crippen MR) is 64.4 cm³/mol. The minimum absolute atomic E-state index is 0.0684. The molecule has 0 radical (unpaired) electrons. The number of rotatable bonds is 3. The van der Waals surface area contributed by atoms with Crippen LogP contribution in [0.3, 0.4) is 0 Å². The topological polar surface area (TPSA) is 65.5 Å². The molecule has 0 N–H and O–H groups in total. The first-order valence-corrected chi connectivity index (χ1v) is 5.66. The standard InChI is InChI=1S/C13H8F3NO4/c14-13(15,16)12(19)20-7-10(18)21-11-9-4-2-1-3-8(9)5-6-17-11/h1-6H,7H2. The number of aromatic nitrogens is 1. The van der Waals surface area contributed by atoms with E-state index in [1.54, 1.807) is 30.3 Å². The van der Waals surface area contributed by atoms with E-state index < -0.39 is 24.7 Å². The van der Waals surface area contributed by atoms with Gasteiger partial charge in [0.15, 0.2) is 6.61 Å². The van der Waals surface area contributed by atoms with E-state index in [1.807, 2.05) is 0 Å². The van der Waals surface area contributed by atoms with E-state index >= 15 is 0 Å². The lowest BCUT2D eigenvalue weighted by Gasteiger charge is -2.08. The van der Waals surface area contributed by atoms with Crippen LogP contribution in [0, 0.1) is 0 Å². The summed E-state index contributed by atoms with van der Waals surface area (Å²) < 4.78 is 44.3. The van der Waals surface area contributed by atoms with Gasteiger partial charge in [0.05, 0.1) is 0 Å². The molecule has 0 atom stereocenters. The van der Waals surface area contributed by atoms with Crippen LogP contribution in [0.25, 0.3) is 10.8 Å². The number of halogens is 3. The lowest BCUT2D eigenvalue weighted by molar-refractivity contribution is -0.200. The van der Waals surface area contributed by atoms with Gasteiger partial charge in [-0.2, -0.15) is 13.2 Å². The first kappa shape index (κ1) is 14.8. The zero-order valence-corrected chi connectivity index (χ0v) is 10.4. The van der Waals surface area contributed by atoms with Crippen molar-refractivity contribution < 1.29 is 32.2 Å². The molecule has 0 bridgehead atoms. The third-order valence-electron chi connectivity index (χ3n) is 2.40. The third kappa shape index (κ3) is 3.68. The fourth-order valence-electron chi connectivity index (χ4n) is 1.52. The van der Waals surface area contributed by atoms with E-state index in [2.05, 4.69) is 9.72 Å². The average Bonchev–Trinajstić information content (AvgIpc) is 2.44. The van der Waals surface area contributed by atoms with Crippen molar-refractivity contribution in [3.05, 3.63) is 36.5 Å². The van der Waals surface area contributed by atoms with Crippen molar-refractivity contribution >= 4 is 22.7 Å². The van der Waals surface area contributed by atoms with Gasteiger partial charge < -0.3 is 9.47 Å². The van der Waals surface area contributed by atoms with E-state index in [-0.39, 0.29) is 5.88 Å². The molecule has 0 aliphatic carbocycles. The fourth-order valence-corrected chi connectivity index (χ4v) is 1.52. The maximum atomic E-state index is 11.9. The molecule has 0 saturated heterocycles. The first-order valence-electron chi connectivity index (χ1n) is 5.66. The summed E-state index contributed by atoms with van der Waals surface area (Å²) in [7, 11) is 0. The van der Waals surface area contributed by atoms with Crippen LogP contribution >= 0.6 is 0 Å². The SMILES string of the molecule is O=C(COC(=O)C(F)(F)F)Oc1nccc2ccccc12. The number of benzene rings is 1. The van der Waals surface area contributed by atoms with Gasteiger partial charge >= 0.3 is 18.1 Å². The Hall–Kier alpha value is -2.64. The summed E-state index contributed by atoms with van der Waals surface area (Å²) in [6.07, 6.45) is -3.77. The molecule has 5 nitrogen and oxygen atoms in total. The second kappa shape index (κ2) is 5.78. The Kier molecular flexibility index (Phi) is 4.06. The smallest absolute Gasteiger partial charge is 0.447 e. The van der Waals surface area contributed by atoms with Gasteiger partial charge in [0.1, 0.15) is 0 Å². The quantitative estimate of drug-likeness (QED) is 0.813. The van der Waals surface area contributed by atoms with Crippen molar-refractivity contribution in [2.24, 2.45) is 0 Å². The zero-order valence-electron chi connectivity index (χ0n) is 10.4. The molecule has 0 fully saturated rings. The molecule has 1 aromatic heterocycles. The first-order chi connectivity index (χ1) is 9.88. The van der Waals surface area contributed by atoms with Crippen LogP contribution in [0.1, 0.15) is 0 Å². The molecule has 1 aromatic carbocycles. The van der Waals surface area contributed by atoms with Crippen LogP contribution in [0.4, 0.5) is 13.2 Å². The highest BCUT2D eigenvalue weighted by molar-refractivity contribution is 5.89. The van der Waals surface area contributed by atoms with Crippen molar-refractivity contribution in [3.8, 4) is 5.88 Å². The van der Waals surface area contributed by atoms with Gasteiger partial charge in [0.25, 0.3) is 0 Å². The van der Waals surface area contributed by atoms with E-state index in [0.717, 1.165) is 5.39 Å². The molecule has 0 aliphatic heterocycles. The molecule has 0 aliphatic rings. The molecule has 2 aromatic rings. The number of ether oxygens (including phenoxy) is 2. The number of nitrogens with zero attached hydrogens (tertiary/aromatic N) is 1. The van der Waals surface area contributed by atoms with Crippen LogP contribution in [-0.4, -0.2) is 29.7 Å². The zero-order chi connectivity index (χ0) is 15.5. The Labute approximate surface area is 116 Å². The highest BCUT2D eigenvalue weighted by atomic mass is 19.4. The van der Waals surface area contributed by atoms with Gasteiger partial charge in [0.2, 0.25) is 5.88 Å². The average molecular weight is 299 g/mol. The van der Waals surface area contributed by atoms with Crippen molar-refractivity contribution in [1.82, 2.24) is 4.98 Å². The number of carbonyl (C=O) groups excluding carboxylic acids is 2. The van der Waals surface area contributed by atoms with Crippen LogP contribution in [-0.2, 0) is 14.3 Å². The van der Waals surface area contributed by atoms with Gasteiger partial charge in [-0.3, -0.25) is 0 Å². The van der Waals surface area contributed by atoms with Crippen molar-refractivity contribution in [1.29, 1.82) is 0 Å². The second-order valence-corrected chi connectivity index (χ2v) is 3.89. The summed E-state index contributed by atoms with van der Waals surface area (Å²) in [4.78, 5) is 25.7. The molecular weight excluding hydrogens is 291 g/mol. The predicted octanol–water partition coefficient (Wildman–Crippen LogP) is 2.25. The third-order valence-corrected chi connectivity index (χ3v) is 2.40. The summed E-state index contributed by atoms with van der Waals surface area (Å²) in [6, 6.07) is 8.51. The van der Waals surface area contributed by atoms with Crippen molar-refractivity contribution in [2.45, 2.75) is 6.18 Å². The summed E-state index contributed by atoms with van der Waals surface area (Å²) in [5, 5.41) is 1.25. The van der Waals surface area contributed by atoms with Crippen molar-refractivity contribution in [3.63, 3.8) is 0 Å². The number of hydrogen-bond acceptors (Lipinski definition) is 5. The van der Waals surface area contributed by atoms with Gasteiger partial charge in [0, 0.05) is 11.6 Å². The molecule has 0 spiro atoms. The van der Waals surface area contributed by atoms with Crippen LogP contribution < -0.4 is 4.74 Å². The summed E-state index contributed by atoms with van der Waals surface area (Å²) >= 11 is 0. The number of fused-ring (bicyclic) bond motifs is 1. The Morgan fingerprint density at radius 3 is 2.57 bits per heavy atom. The molecule has 21 heavy (non-hydrogen) atoms. The number of esters is 2. The lowest BCUT2D eigenvalue weighted by Crippen LogP contribution is -2.29. The summed E-state index contributed by atoms with van der Waals surface area (Å²) in [5.41, 5.74) is 0. The Bertz CT molecular complexity index is 679. The number of pyridine rings is 1. The molecule has 2 rings (SSSR count). The van der Waals surface area contributed by atoms with Gasteiger partial charge in [-0.15, -0.1) is 0 Å². The Morgan fingerprint density at radius 1 is 1.14 bits per heavy atom. The van der Waals surface area contributed by atoms with Gasteiger partial charge in [-0.25, -0.2) is 14.6 Å². The Balaban J connectivity index is 2.04. The lowest BCUT2D eigenvalue weighted by atomic mass is 10.2. The molecular formula is C13H8F3NO4. The normalized spacial score (nSPS) is 11.2. The molecule has 0 saturated carbocycles. The molecule has 0 unspecified atom stereocenters. The molecule has 110 valence electrons. The van der Waals surface area contributed by atoms with E-state index in [4.69, 9.17) is 4.74 Å². The van der Waals surface area contributed by atoms with E-state index in [1.165, 1.54) is 6.20 Å². The monoisotopic (exact) mass is 299 g/mol. The summed E-state index contributed by atoms with van der Waals surface area (Å²) in [6.45, 7) is -1.15. The molecule has 1 heterocycles. The van der Waals surface area contributed by atoms with Crippen molar-refractivity contribution in [2.75, 3.05) is 6.61 Å². The van der Waals surface area contributed by atoms with Crippen LogP contribution in [0.5, 0.6) is 5.88 Å². The van der Waals surface area contributed by atoms with Crippen LogP contribution in [0.15, 0.2) is 36.5 Å². The van der Waals surface area contributed by atoms with Gasteiger partial charge in [-0.1, -0.05) is 18.2 Å². The largest absolute Gasteiger partial charge is 0.490 e. The molecule has 8 heteroatoms. The molecule has 0 amide bonds. The van der Waals surface area contributed by atoms with Gasteiger partial charge in [-0.05, 0) is 17.5 Å². The van der Waals surface area contributed by atoms with E-state index in [9.17, 15) is 22.8 Å². The maximum Gasteiger partial charge on any atom is 0.490 e. The minimum atomic E-state index is -5.15. The van der Waals surface area contributed by atoms with E-state index in [0.29, 0.717) is 5.39 Å². The maximum absolute atomic E-state index is 11.9. The second-order valence-electron chi connectivity index (χ2n) is 3.89. The number of hydrogen-bond donors (Lipinski definition) is 0. The fraction of sp³-hybridized carbons (Fsp3) is 0.154. The van der Waals surface area contributed by atoms with Crippen LogP contribution in [0.2, 0.25) is 0 Å².